The van der Waals surface area contributed by atoms with Crippen molar-refractivity contribution in [1.82, 2.24) is 4.90 Å². The molecule has 0 unspecified atom stereocenters. The van der Waals surface area contributed by atoms with Crippen molar-refractivity contribution < 1.29 is 24.1 Å². The molecule has 2 heterocycles. The molecule has 1 atom stereocenters. The van der Waals surface area contributed by atoms with Crippen molar-refractivity contribution >= 4 is 5.91 Å². The molecular formula is C24H33N3O3+2. The molecule has 0 bridgehead atoms. The van der Waals surface area contributed by atoms with E-state index in [2.05, 4.69) is 24.3 Å². The van der Waals surface area contributed by atoms with Crippen molar-refractivity contribution in [2.24, 2.45) is 0 Å². The van der Waals surface area contributed by atoms with E-state index in [1.165, 1.54) is 10.5 Å². The molecule has 2 aromatic carbocycles. The van der Waals surface area contributed by atoms with Crippen LogP contribution in [0.15, 0.2) is 54.6 Å². The van der Waals surface area contributed by atoms with Gasteiger partial charge in [0, 0.05) is 24.2 Å². The van der Waals surface area contributed by atoms with Crippen LogP contribution in [0.3, 0.4) is 0 Å². The summed E-state index contributed by atoms with van der Waals surface area (Å²) in [5, 5.41) is 0. The Morgan fingerprint density at radius 1 is 1.00 bits per heavy atom. The lowest BCUT2D eigenvalue weighted by Crippen LogP contribution is -3.28. The van der Waals surface area contributed by atoms with Gasteiger partial charge in [-0.3, -0.25) is 4.79 Å². The maximum atomic E-state index is 13.5. The minimum Gasteiger partial charge on any atom is -0.497 e. The molecule has 2 N–H and O–H groups in total. The summed E-state index contributed by atoms with van der Waals surface area (Å²) in [6.45, 7) is 7.84. The van der Waals surface area contributed by atoms with Crippen LogP contribution >= 0.6 is 0 Å². The van der Waals surface area contributed by atoms with Crippen LogP contribution in [0.25, 0.3) is 0 Å². The maximum absolute atomic E-state index is 13.5. The molecule has 1 amide bonds. The Hall–Kier alpha value is -2.41. The molecule has 2 aliphatic heterocycles. The van der Waals surface area contributed by atoms with E-state index in [-0.39, 0.29) is 11.9 Å². The SMILES string of the molecule is COc1ccc(C[NH+]2CC[NH+]([C@H](C(=O)N3CCOCC3)c3ccccc3)CC2)cc1. The lowest BCUT2D eigenvalue weighted by molar-refractivity contribution is -1.03. The summed E-state index contributed by atoms with van der Waals surface area (Å²) in [5.74, 6) is 1.15. The number of carbonyl (C=O) groups excluding carboxylic acids is 1. The van der Waals surface area contributed by atoms with E-state index >= 15 is 0 Å². The topological polar surface area (TPSA) is 47.7 Å². The molecule has 6 nitrogen and oxygen atoms in total. The monoisotopic (exact) mass is 411 g/mol. The number of rotatable bonds is 6. The molecule has 2 fully saturated rings. The van der Waals surface area contributed by atoms with Crippen LogP contribution in [-0.2, 0) is 16.1 Å². The average Bonchev–Trinajstić information content (AvgIpc) is 2.82. The largest absolute Gasteiger partial charge is 0.497 e. The minimum absolute atomic E-state index is 0.119. The molecule has 2 aliphatic rings. The van der Waals surface area contributed by atoms with E-state index in [9.17, 15) is 4.79 Å². The van der Waals surface area contributed by atoms with E-state index < -0.39 is 0 Å². The highest BCUT2D eigenvalue weighted by Crippen LogP contribution is 2.14. The Balaban J connectivity index is 1.41. The molecule has 0 aliphatic carbocycles. The number of nitrogens with one attached hydrogen (secondary N) is 2. The highest BCUT2D eigenvalue weighted by atomic mass is 16.5. The van der Waals surface area contributed by atoms with Crippen LogP contribution < -0.4 is 14.5 Å². The number of methoxy groups -OCH3 is 1. The molecule has 2 saturated heterocycles. The number of quaternary nitrogens is 2. The third kappa shape index (κ3) is 5.01. The van der Waals surface area contributed by atoms with Crippen molar-refractivity contribution in [1.29, 1.82) is 0 Å². The molecule has 2 aromatic rings. The first-order valence-electron chi connectivity index (χ1n) is 11.0. The van der Waals surface area contributed by atoms with Crippen molar-refractivity contribution in [3.8, 4) is 5.75 Å². The van der Waals surface area contributed by atoms with Gasteiger partial charge >= 0.3 is 0 Å². The predicted molar refractivity (Wildman–Crippen MR) is 115 cm³/mol. The number of carbonyl (C=O) groups is 1. The van der Waals surface area contributed by atoms with E-state index in [0.717, 1.165) is 44.0 Å². The third-order valence-corrected chi connectivity index (χ3v) is 6.32. The summed E-state index contributed by atoms with van der Waals surface area (Å²) >= 11 is 0. The quantitative estimate of drug-likeness (QED) is 0.679. The van der Waals surface area contributed by atoms with E-state index in [1.807, 2.05) is 35.2 Å². The first-order chi connectivity index (χ1) is 14.7. The lowest BCUT2D eigenvalue weighted by atomic mass is 10.0. The Morgan fingerprint density at radius 3 is 2.30 bits per heavy atom. The smallest absolute Gasteiger partial charge is 0.285 e. The van der Waals surface area contributed by atoms with Gasteiger partial charge in [0.05, 0.1) is 20.3 Å². The standard InChI is InChI=1S/C24H31N3O3/c1-29-22-9-7-20(8-10-22)19-25-11-13-26(14-12-25)23(21-5-3-2-4-6-21)24(28)27-15-17-30-18-16-27/h2-10,23H,11-19H2,1H3/p+2/t23-/m0/s1. The van der Waals surface area contributed by atoms with Crippen LogP contribution in [0.1, 0.15) is 17.2 Å². The molecular weight excluding hydrogens is 378 g/mol. The van der Waals surface area contributed by atoms with Gasteiger partial charge < -0.3 is 24.2 Å². The number of amides is 1. The zero-order valence-corrected chi connectivity index (χ0v) is 17.8. The summed E-state index contributed by atoms with van der Waals surface area (Å²) < 4.78 is 10.7. The summed E-state index contributed by atoms with van der Waals surface area (Å²) in [6, 6.07) is 18.6. The van der Waals surface area contributed by atoms with Crippen molar-refractivity contribution in [2.75, 3.05) is 59.6 Å². The summed E-state index contributed by atoms with van der Waals surface area (Å²) in [5.41, 5.74) is 2.46. The summed E-state index contributed by atoms with van der Waals surface area (Å²) in [6.07, 6.45) is 0. The molecule has 0 saturated carbocycles. The van der Waals surface area contributed by atoms with Gasteiger partial charge in [0.1, 0.15) is 38.5 Å². The first kappa shape index (κ1) is 20.8. The van der Waals surface area contributed by atoms with E-state index in [4.69, 9.17) is 9.47 Å². The summed E-state index contributed by atoms with van der Waals surface area (Å²) in [4.78, 5) is 18.4. The Kier molecular flexibility index (Phi) is 7.00. The highest BCUT2D eigenvalue weighted by molar-refractivity contribution is 5.82. The fraction of sp³-hybridized carbons (Fsp3) is 0.458. The number of piperazine rings is 1. The number of benzene rings is 2. The highest BCUT2D eigenvalue weighted by Gasteiger charge is 2.38. The van der Waals surface area contributed by atoms with Gasteiger partial charge in [0.2, 0.25) is 0 Å². The second-order valence-corrected chi connectivity index (χ2v) is 8.21. The van der Waals surface area contributed by atoms with Gasteiger partial charge in [0.15, 0.2) is 6.04 Å². The van der Waals surface area contributed by atoms with E-state index in [1.54, 1.807) is 12.0 Å². The second-order valence-electron chi connectivity index (χ2n) is 8.21. The number of hydrogen-bond donors (Lipinski definition) is 2. The van der Waals surface area contributed by atoms with Gasteiger partial charge in [-0.25, -0.2) is 0 Å². The molecule has 30 heavy (non-hydrogen) atoms. The summed E-state index contributed by atoms with van der Waals surface area (Å²) in [7, 11) is 1.70. The number of nitrogens with zero attached hydrogens (tertiary/aromatic N) is 1. The normalized spacial score (nSPS) is 23.0. The second kappa shape index (κ2) is 10.1. The van der Waals surface area contributed by atoms with Crippen LogP contribution in [-0.4, -0.2) is 70.4 Å². The number of ether oxygens (including phenoxy) is 2. The Bertz CT molecular complexity index is 798. The van der Waals surface area contributed by atoms with Crippen LogP contribution in [0.4, 0.5) is 0 Å². The molecule has 0 radical (unpaired) electrons. The fourth-order valence-electron chi connectivity index (χ4n) is 4.59. The minimum atomic E-state index is -0.119. The average molecular weight is 412 g/mol. The molecule has 6 heteroatoms. The van der Waals surface area contributed by atoms with Crippen LogP contribution in [0.5, 0.6) is 5.75 Å². The Morgan fingerprint density at radius 2 is 1.67 bits per heavy atom. The van der Waals surface area contributed by atoms with Crippen molar-refractivity contribution in [2.45, 2.75) is 12.6 Å². The van der Waals surface area contributed by atoms with Crippen molar-refractivity contribution in [3.05, 3.63) is 65.7 Å². The first-order valence-corrected chi connectivity index (χ1v) is 11.0. The Labute approximate surface area is 179 Å². The third-order valence-electron chi connectivity index (χ3n) is 6.32. The van der Waals surface area contributed by atoms with Gasteiger partial charge in [0.25, 0.3) is 5.91 Å². The van der Waals surface area contributed by atoms with Crippen molar-refractivity contribution in [3.63, 3.8) is 0 Å². The number of hydrogen-bond acceptors (Lipinski definition) is 3. The maximum Gasteiger partial charge on any atom is 0.285 e. The zero-order valence-electron chi connectivity index (χ0n) is 17.8. The molecule has 0 aromatic heterocycles. The van der Waals surface area contributed by atoms with E-state index in [0.29, 0.717) is 26.3 Å². The zero-order chi connectivity index (χ0) is 20.8. The van der Waals surface area contributed by atoms with Crippen LogP contribution in [0, 0.1) is 0 Å². The van der Waals surface area contributed by atoms with Gasteiger partial charge in [-0.2, -0.15) is 0 Å². The molecule has 0 spiro atoms. The lowest BCUT2D eigenvalue weighted by Gasteiger charge is -2.37. The van der Waals surface area contributed by atoms with Crippen LogP contribution in [0.2, 0.25) is 0 Å². The van der Waals surface area contributed by atoms with Gasteiger partial charge in [-0.1, -0.05) is 30.3 Å². The molecule has 4 rings (SSSR count). The van der Waals surface area contributed by atoms with Gasteiger partial charge in [-0.05, 0) is 24.3 Å². The van der Waals surface area contributed by atoms with Gasteiger partial charge in [-0.15, -0.1) is 0 Å². The number of morpholine rings is 1. The fourth-order valence-corrected chi connectivity index (χ4v) is 4.59. The predicted octanol–water partition coefficient (Wildman–Crippen LogP) is -0.421. The molecule has 160 valence electrons.